The van der Waals surface area contributed by atoms with Gasteiger partial charge < -0.3 is 0 Å². The van der Waals surface area contributed by atoms with Gasteiger partial charge in [-0.25, -0.2) is 0 Å². The van der Waals surface area contributed by atoms with E-state index in [9.17, 15) is 0 Å². The summed E-state index contributed by atoms with van der Waals surface area (Å²) in [5, 5.41) is 0. The van der Waals surface area contributed by atoms with Gasteiger partial charge in [-0.1, -0.05) is 47.6 Å². The minimum Gasteiger partial charge on any atom is -0.0802 e. The van der Waals surface area contributed by atoms with Crippen LogP contribution in [0.5, 0.6) is 0 Å². The second kappa shape index (κ2) is 3.85. The van der Waals surface area contributed by atoms with Gasteiger partial charge in [0.15, 0.2) is 0 Å². The van der Waals surface area contributed by atoms with Gasteiger partial charge in [-0.3, -0.25) is 0 Å². The molecule has 1 aromatic rings. The van der Waals surface area contributed by atoms with Gasteiger partial charge in [-0.15, -0.1) is 0 Å². The normalized spacial score (nSPS) is 22.0. The molecule has 0 saturated heterocycles. The van der Waals surface area contributed by atoms with Gasteiger partial charge in [-0.05, 0) is 71.9 Å². The molecule has 20 heavy (non-hydrogen) atoms. The molecule has 0 spiro atoms. The predicted molar refractivity (Wildman–Crippen MR) is 82.8 cm³/mol. The molecule has 0 saturated carbocycles. The molecule has 0 aromatic heterocycles. The summed E-state index contributed by atoms with van der Waals surface area (Å²) in [6.45, 7) is 0. The summed E-state index contributed by atoms with van der Waals surface area (Å²) >= 11 is 0. The van der Waals surface area contributed by atoms with Crippen molar-refractivity contribution in [2.45, 2.75) is 38.5 Å². The van der Waals surface area contributed by atoms with Crippen LogP contribution in [0.25, 0.3) is 0 Å². The summed E-state index contributed by atoms with van der Waals surface area (Å²) in [6.07, 6.45) is 16.4. The summed E-state index contributed by atoms with van der Waals surface area (Å²) in [5.74, 6) is 0. The third kappa shape index (κ3) is 1.48. The zero-order chi connectivity index (χ0) is 13.1. The zero-order valence-corrected chi connectivity index (χ0v) is 11.7. The van der Waals surface area contributed by atoms with Crippen LogP contribution in [-0.4, -0.2) is 0 Å². The monoisotopic (exact) mass is 258 g/mol. The molecule has 4 aliphatic rings. The Labute approximate surface area is 120 Å². The molecule has 0 atom stereocenters. The topological polar surface area (TPSA) is 0 Å². The fourth-order valence-electron chi connectivity index (χ4n) is 4.24. The highest BCUT2D eigenvalue weighted by atomic mass is 14.3. The van der Waals surface area contributed by atoms with Crippen molar-refractivity contribution in [3.8, 4) is 0 Å². The molecule has 0 amide bonds. The van der Waals surface area contributed by atoms with Gasteiger partial charge in [0.2, 0.25) is 0 Å². The van der Waals surface area contributed by atoms with Crippen LogP contribution < -0.4 is 0 Å². The van der Waals surface area contributed by atoms with Crippen LogP contribution in [0.2, 0.25) is 0 Å². The maximum absolute atomic E-state index is 2.52. The van der Waals surface area contributed by atoms with Gasteiger partial charge >= 0.3 is 0 Å². The van der Waals surface area contributed by atoms with Crippen molar-refractivity contribution in [1.82, 2.24) is 0 Å². The van der Waals surface area contributed by atoms with Crippen LogP contribution in [0.15, 0.2) is 58.7 Å². The molecule has 0 heteroatoms. The quantitative estimate of drug-likeness (QED) is 0.647. The van der Waals surface area contributed by atoms with E-state index in [4.69, 9.17) is 0 Å². The van der Waals surface area contributed by atoms with E-state index in [0.29, 0.717) is 0 Å². The molecule has 0 nitrogen and oxygen atoms in total. The molecule has 0 fully saturated rings. The second-order valence-electron chi connectivity index (χ2n) is 6.57. The number of hydrogen-bond donors (Lipinski definition) is 0. The smallest absolute Gasteiger partial charge is 0.00231 e. The third-order valence-corrected chi connectivity index (χ3v) is 5.37. The van der Waals surface area contributed by atoms with Crippen molar-refractivity contribution in [3.05, 3.63) is 81.0 Å². The summed E-state index contributed by atoms with van der Waals surface area (Å²) < 4.78 is 0. The Morgan fingerprint density at radius 2 is 1.00 bits per heavy atom. The highest BCUT2D eigenvalue weighted by Gasteiger charge is 2.24. The molecule has 0 unspecified atom stereocenters. The summed E-state index contributed by atoms with van der Waals surface area (Å²) in [4.78, 5) is 0. The standard InChI is InChI=1S/C20H18/c1-3-13-7-17-11-19-9-15-5-2-6-16(15)10-20(19)12-18(17)8-14(13)4-1/h1-3,5,11-12H,4,6-10H2. The fourth-order valence-corrected chi connectivity index (χ4v) is 4.24. The maximum Gasteiger partial charge on any atom is -0.00231 e. The minimum atomic E-state index is 1.16. The molecule has 0 aliphatic heterocycles. The third-order valence-electron chi connectivity index (χ3n) is 5.37. The Kier molecular flexibility index (Phi) is 2.10. The van der Waals surface area contributed by atoms with E-state index in [-0.39, 0.29) is 0 Å². The van der Waals surface area contributed by atoms with Crippen LogP contribution in [0, 0.1) is 0 Å². The van der Waals surface area contributed by atoms with E-state index in [1.165, 1.54) is 25.7 Å². The summed E-state index contributed by atoms with van der Waals surface area (Å²) in [5.41, 5.74) is 12.9. The Hall–Kier alpha value is -1.82. The molecule has 5 rings (SSSR count). The van der Waals surface area contributed by atoms with Crippen molar-refractivity contribution in [2.24, 2.45) is 0 Å². The first-order valence-corrected chi connectivity index (χ1v) is 7.75. The van der Waals surface area contributed by atoms with Crippen LogP contribution >= 0.6 is 0 Å². The summed E-state index contributed by atoms with van der Waals surface area (Å²) in [7, 11) is 0. The highest BCUT2D eigenvalue weighted by Crippen LogP contribution is 2.38. The van der Waals surface area contributed by atoms with Crippen LogP contribution in [0.1, 0.15) is 35.1 Å². The molecule has 0 bridgehead atoms. The number of allylic oxidation sites excluding steroid dienone is 8. The number of fused-ring (bicyclic) bond motifs is 2. The lowest BCUT2D eigenvalue weighted by Gasteiger charge is -2.25. The van der Waals surface area contributed by atoms with Crippen molar-refractivity contribution in [2.75, 3.05) is 0 Å². The highest BCUT2D eigenvalue weighted by molar-refractivity contribution is 5.55. The fraction of sp³-hybridized carbons (Fsp3) is 0.300. The molecule has 4 aliphatic carbocycles. The van der Waals surface area contributed by atoms with Crippen LogP contribution in [0.3, 0.4) is 0 Å². The van der Waals surface area contributed by atoms with E-state index >= 15 is 0 Å². The molecule has 1 aromatic carbocycles. The summed E-state index contributed by atoms with van der Waals surface area (Å²) in [6, 6.07) is 5.03. The van der Waals surface area contributed by atoms with Gasteiger partial charge in [-0.2, -0.15) is 0 Å². The van der Waals surface area contributed by atoms with Crippen LogP contribution in [0.4, 0.5) is 0 Å². The van der Waals surface area contributed by atoms with Crippen molar-refractivity contribution < 1.29 is 0 Å². The van der Waals surface area contributed by atoms with Gasteiger partial charge in [0.05, 0.1) is 0 Å². The largest absolute Gasteiger partial charge is 0.0802 e. The van der Waals surface area contributed by atoms with E-state index in [1.807, 2.05) is 0 Å². The van der Waals surface area contributed by atoms with Crippen LogP contribution in [-0.2, 0) is 25.7 Å². The Balaban J connectivity index is 1.57. The Bertz CT molecular complexity index is 689. The minimum absolute atomic E-state index is 1.16. The average molecular weight is 258 g/mol. The first-order valence-electron chi connectivity index (χ1n) is 7.75. The van der Waals surface area contributed by atoms with Crippen molar-refractivity contribution in [1.29, 1.82) is 0 Å². The zero-order valence-electron chi connectivity index (χ0n) is 11.7. The molecule has 0 heterocycles. The number of hydrogen-bond acceptors (Lipinski definition) is 0. The molecular formula is C20H18. The van der Waals surface area contributed by atoms with Gasteiger partial charge in [0.1, 0.15) is 0 Å². The maximum atomic E-state index is 2.52. The SMILES string of the molecule is C1=CC2=C(C1)Cc1cc3c(cc1C2)CC1=C(CC=C1)C3. The Morgan fingerprint density at radius 3 is 1.50 bits per heavy atom. The average Bonchev–Trinajstić information content (AvgIpc) is 3.07. The first kappa shape index (κ1) is 10.9. The van der Waals surface area contributed by atoms with E-state index in [0.717, 1.165) is 12.8 Å². The first-order chi connectivity index (χ1) is 9.87. The second-order valence-corrected chi connectivity index (χ2v) is 6.57. The van der Waals surface area contributed by atoms with E-state index < -0.39 is 0 Å². The van der Waals surface area contributed by atoms with Gasteiger partial charge in [0, 0.05) is 0 Å². The number of benzene rings is 1. The molecule has 0 N–H and O–H groups in total. The molecule has 98 valence electrons. The lowest BCUT2D eigenvalue weighted by Crippen LogP contribution is -2.12. The van der Waals surface area contributed by atoms with E-state index in [1.54, 1.807) is 44.5 Å². The molecule has 0 radical (unpaired) electrons. The van der Waals surface area contributed by atoms with Crippen molar-refractivity contribution in [3.63, 3.8) is 0 Å². The predicted octanol–water partition coefficient (Wildman–Crippen LogP) is 4.40. The van der Waals surface area contributed by atoms with Crippen molar-refractivity contribution >= 4 is 0 Å². The number of rotatable bonds is 0. The van der Waals surface area contributed by atoms with Gasteiger partial charge in [0.25, 0.3) is 0 Å². The lowest BCUT2D eigenvalue weighted by atomic mass is 9.80. The lowest BCUT2D eigenvalue weighted by molar-refractivity contribution is 0.918. The molecular weight excluding hydrogens is 240 g/mol. The van der Waals surface area contributed by atoms with E-state index in [2.05, 4.69) is 36.4 Å². The Morgan fingerprint density at radius 1 is 0.550 bits per heavy atom.